The highest BCUT2D eigenvalue weighted by Crippen LogP contribution is 2.31. The molecule has 1 aliphatic rings. The van der Waals surface area contributed by atoms with Gasteiger partial charge in [-0.2, -0.15) is 0 Å². The van der Waals surface area contributed by atoms with Gasteiger partial charge in [0.25, 0.3) is 0 Å². The molecule has 0 bridgehead atoms. The number of ether oxygens (including phenoxy) is 1. The average molecular weight is 218 g/mol. The van der Waals surface area contributed by atoms with E-state index in [4.69, 9.17) is 4.74 Å². The minimum absolute atomic E-state index is 0.427. The Morgan fingerprint density at radius 3 is 2.56 bits per heavy atom. The number of methoxy groups -OCH3 is 1. The number of Topliss-reactive ketones (excluding diaryl/α,β-unsaturated/α-hetero) is 1. The van der Waals surface area contributed by atoms with E-state index in [1.54, 1.807) is 7.11 Å². The van der Waals surface area contributed by atoms with Crippen LogP contribution in [0.4, 0.5) is 0 Å². The minimum atomic E-state index is 0.427. The molecule has 2 heteroatoms. The highest BCUT2D eigenvalue weighted by Gasteiger charge is 2.17. The third-order valence-corrected chi connectivity index (χ3v) is 3.37. The maximum Gasteiger partial charge on any atom is 0.132 e. The lowest BCUT2D eigenvalue weighted by Crippen LogP contribution is -1.98. The molecule has 0 aliphatic heterocycles. The van der Waals surface area contributed by atoms with Gasteiger partial charge >= 0.3 is 0 Å². The van der Waals surface area contributed by atoms with Crippen molar-refractivity contribution in [3.05, 3.63) is 29.8 Å². The third-order valence-electron chi connectivity index (χ3n) is 3.37. The molecular formula is C14H18O2. The smallest absolute Gasteiger partial charge is 0.132 e. The SMILES string of the molecule is COc1ccc([C@H]2CCCC(=O)CC2)cc1. The average Bonchev–Trinajstić information content (AvgIpc) is 2.54. The predicted octanol–water partition coefficient (Wildman–Crippen LogP) is 3.31. The van der Waals surface area contributed by atoms with Crippen molar-refractivity contribution in [2.75, 3.05) is 7.11 Å². The van der Waals surface area contributed by atoms with Gasteiger partial charge in [-0.3, -0.25) is 4.79 Å². The fourth-order valence-corrected chi connectivity index (χ4v) is 2.36. The fourth-order valence-electron chi connectivity index (χ4n) is 2.36. The van der Waals surface area contributed by atoms with Crippen molar-refractivity contribution in [3.63, 3.8) is 0 Å². The molecule has 0 heterocycles. The normalized spacial score (nSPS) is 21.6. The van der Waals surface area contributed by atoms with Crippen LogP contribution in [0, 0.1) is 0 Å². The molecule has 1 aromatic rings. The number of carbonyl (C=O) groups is 1. The van der Waals surface area contributed by atoms with Crippen molar-refractivity contribution >= 4 is 5.78 Å². The molecule has 0 aromatic heterocycles. The zero-order chi connectivity index (χ0) is 11.4. The monoisotopic (exact) mass is 218 g/mol. The Labute approximate surface area is 96.6 Å². The van der Waals surface area contributed by atoms with Gasteiger partial charge in [-0.15, -0.1) is 0 Å². The summed E-state index contributed by atoms with van der Waals surface area (Å²) in [5.41, 5.74) is 1.34. The Bertz CT molecular complexity index is 354. The molecule has 0 unspecified atom stereocenters. The lowest BCUT2D eigenvalue weighted by Gasteiger charge is -2.14. The first-order valence-corrected chi connectivity index (χ1v) is 5.95. The van der Waals surface area contributed by atoms with Crippen LogP contribution in [0.5, 0.6) is 5.75 Å². The number of carbonyl (C=O) groups excluding carboxylic acids is 1. The zero-order valence-electron chi connectivity index (χ0n) is 9.74. The van der Waals surface area contributed by atoms with Gasteiger partial charge in [-0.1, -0.05) is 12.1 Å². The Kier molecular flexibility index (Phi) is 3.60. The van der Waals surface area contributed by atoms with Crippen molar-refractivity contribution in [2.24, 2.45) is 0 Å². The second kappa shape index (κ2) is 5.15. The number of hydrogen-bond acceptors (Lipinski definition) is 2. The number of rotatable bonds is 2. The summed E-state index contributed by atoms with van der Waals surface area (Å²) in [7, 11) is 1.68. The molecule has 1 aromatic carbocycles. The fraction of sp³-hybridized carbons (Fsp3) is 0.500. The van der Waals surface area contributed by atoms with Crippen LogP contribution in [-0.4, -0.2) is 12.9 Å². The molecule has 2 rings (SSSR count). The molecule has 2 nitrogen and oxygen atoms in total. The van der Waals surface area contributed by atoms with Crippen molar-refractivity contribution in [1.29, 1.82) is 0 Å². The van der Waals surface area contributed by atoms with E-state index < -0.39 is 0 Å². The molecule has 0 saturated heterocycles. The lowest BCUT2D eigenvalue weighted by molar-refractivity contribution is -0.118. The molecule has 0 spiro atoms. The second-order valence-corrected chi connectivity index (χ2v) is 4.44. The molecule has 16 heavy (non-hydrogen) atoms. The van der Waals surface area contributed by atoms with E-state index >= 15 is 0 Å². The number of hydrogen-bond donors (Lipinski definition) is 0. The molecule has 1 aliphatic carbocycles. The van der Waals surface area contributed by atoms with Gasteiger partial charge in [0.2, 0.25) is 0 Å². The van der Waals surface area contributed by atoms with Crippen LogP contribution < -0.4 is 4.74 Å². The van der Waals surface area contributed by atoms with Crippen molar-refractivity contribution in [2.45, 2.75) is 38.0 Å². The standard InChI is InChI=1S/C14H18O2/c1-16-14-9-6-12(7-10-14)11-3-2-4-13(15)8-5-11/h6-7,9-11H,2-5,8H2,1H3/t11-/m0/s1. The Balaban J connectivity index is 2.07. The van der Waals surface area contributed by atoms with E-state index in [2.05, 4.69) is 12.1 Å². The van der Waals surface area contributed by atoms with Crippen LogP contribution in [0.25, 0.3) is 0 Å². The molecular weight excluding hydrogens is 200 g/mol. The van der Waals surface area contributed by atoms with Crippen LogP contribution in [-0.2, 0) is 4.79 Å². The molecule has 0 amide bonds. The van der Waals surface area contributed by atoms with Crippen molar-refractivity contribution in [1.82, 2.24) is 0 Å². The largest absolute Gasteiger partial charge is 0.497 e. The number of ketones is 1. The van der Waals surface area contributed by atoms with Crippen LogP contribution in [0.15, 0.2) is 24.3 Å². The summed E-state index contributed by atoms with van der Waals surface area (Å²) in [6.07, 6.45) is 4.70. The van der Waals surface area contributed by atoms with Crippen LogP contribution >= 0.6 is 0 Å². The predicted molar refractivity (Wildman–Crippen MR) is 63.8 cm³/mol. The quantitative estimate of drug-likeness (QED) is 0.712. The van der Waals surface area contributed by atoms with Gasteiger partial charge in [-0.25, -0.2) is 0 Å². The number of benzene rings is 1. The van der Waals surface area contributed by atoms with Gasteiger partial charge in [0.15, 0.2) is 0 Å². The lowest BCUT2D eigenvalue weighted by atomic mass is 9.92. The van der Waals surface area contributed by atoms with Gasteiger partial charge in [-0.05, 0) is 42.9 Å². The van der Waals surface area contributed by atoms with Gasteiger partial charge in [0.1, 0.15) is 11.5 Å². The highest BCUT2D eigenvalue weighted by atomic mass is 16.5. The maximum absolute atomic E-state index is 11.3. The summed E-state index contributed by atoms with van der Waals surface area (Å²) in [5, 5.41) is 0. The zero-order valence-corrected chi connectivity index (χ0v) is 9.74. The van der Waals surface area contributed by atoms with Crippen molar-refractivity contribution in [3.8, 4) is 5.75 Å². The molecule has 1 atom stereocenters. The van der Waals surface area contributed by atoms with E-state index in [-0.39, 0.29) is 0 Å². The first-order chi connectivity index (χ1) is 7.79. The topological polar surface area (TPSA) is 26.3 Å². The third kappa shape index (κ3) is 2.63. The summed E-state index contributed by atoms with van der Waals surface area (Å²) in [5.74, 6) is 1.88. The molecule has 0 radical (unpaired) electrons. The van der Waals surface area contributed by atoms with E-state index in [1.165, 1.54) is 5.56 Å². The van der Waals surface area contributed by atoms with E-state index in [0.29, 0.717) is 11.7 Å². The van der Waals surface area contributed by atoms with Gasteiger partial charge in [0, 0.05) is 12.8 Å². The van der Waals surface area contributed by atoms with Crippen LogP contribution in [0.3, 0.4) is 0 Å². The van der Waals surface area contributed by atoms with Crippen LogP contribution in [0.1, 0.15) is 43.6 Å². The first-order valence-electron chi connectivity index (χ1n) is 5.95. The first kappa shape index (κ1) is 11.2. The Morgan fingerprint density at radius 1 is 1.12 bits per heavy atom. The van der Waals surface area contributed by atoms with Gasteiger partial charge in [0.05, 0.1) is 7.11 Å². The highest BCUT2D eigenvalue weighted by molar-refractivity contribution is 5.78. The van der Waals surface area contributed by atoms with E-state index in [9.17, 15) is 4.79 Å². The molecule has 86 valence electrons. The van der Waals surface area contributed by atoms with E-state index in [1.807, 2.05) is 12.1 Å². The maximum atomic E-state index is 11.3. The van der Waals surface area contributed by atoms with Crippen molar-refractivity contribution < 1.29 is 9.53 Å². The summed E-state index contributed by atoms with van der Waals surface area (Å²) >= 11 is 0. The molecule has 0 N–H and O–H groups in total. The summed E-state index contributed by atoms with van der Waals surface area (Å²) < 4.78 is 5.14. The Morgan fingerprint density at radius 2 is 1.88 bits per heavy atom. The van der Waals surface area contributed by atoms with E-state index in [0.717, 1.165) is 37.9 Å². The van der Waals surface area contributed by atoms with Gasteiger partial charge < -0.3 is 4.74 Å². The minimum Gasteiger partial charge on any atom is -0.497 e. The summed E-state index contributed by atoms with van der Waals surface area (Å²) in [6.45, 7) is 0. The summed E-state index contributed by atoms with van der Waals surface area (Å²) in [4.78, 5) is 11.3. The second-order valence-electron chi connectivity index (χ2n) is 4.44. The Hall–Kier alpha value is -1.31. The summed E-state index contributed by atoms with van der Waals surface area (Å²) in [6, 6.07) is 8.25. The van der Waals surface area contributed by atoms with Crippen LogP contribution in [0.2, 0.25) is 0 Å². The molecule has 1 saturated carbocycles. The molecule has 1 fully saturated rings.